The molecule has 0 bridgehead atoms. The second-order valence-corrected chi connectivity index (χ2v) is 6.78. The summed E-state index contributed by atoms with van der Waals surface area (Å²) in [4.78, 5) is 27.9. The van der Waals surface area contributed by atoms with E-state index in [9.17, 15) is 9.59 Å². The van der Waals surface area contributed by atoms with Crippen molar-refractivity contribution in [3.63, 3.8) is 0 Å². The van der Waals surface area contributed by atoms with E-state index in [1.54, 1.807) is 22.8 Å². The highest BCUT2D eigenvalue weighted by molar-refractivity contribution is 5.95. The number of nitrogens with zero attached hydrogens (tertiary/aromatic N) is 1. The molecule has 2 N–H and O–H groups in total. The van der Waals surface area contributed by atoms with Gasteiger partial charge in [0.2, 0.25) is 5.91 Å². The first-order chi connectivity index (χ1) is 12.5. The number of furan rings is 1. The molecule has 1 saturated heterocycles. The van der Waals surface area contributed by atoms with Crippen molar-refractivity contribution in [2.45, 2.75) is 33.6 Å². The zero-order valence-corrected chi connectivity index (χ0v) is 16.2. The van der Waals surface area contributed by atoms with Crippen LogP contribution in [0.1, 0.15) is 41.6 Å². The van der Waals surface area contributed by atoms with Crippen molar-refractivity contribution in [3.8, 4) is 0 Å². The number of nitrogens with one attached hydrogen (secondary N) is 2. The van der Waals surface area contributed by atoms with Crippen LogP contribution < -0.4 is 10.2 Å². The highest BCUT2D eigenvalue weighted by Gasteiger charge is 2.20. The Hall–Kier alpha value is -1.86. The molecule has 1 fully saturated rings. The van der Waals surface area contributed by atoms with Crippen LogP contribution in [0, 0.1) is 13.8 Å². The predicted molar refractivity (Wildman–Crippen MR) is 98.4 cm³/mol. The van der Waals surface area contributed by atoms with Crippen molar-refractivity contribution in [3.05, 3.63) is 23.2 Å². The van der Waals surface area contributed by atoms with Crippen molar-refractivity contribution < 1.29 is 23.6 Å². The lowest BCUT2D eigenvalue weighted by Crippen LogP contribution is -3.14. The largest absolute Gasteiger partial charge is 0.466 e. The molecule has 0 atom stereocenters. The molecule has 1 aliphatic heterocycles. The van der Waals surface area contributed by atoms with Crippen LogP contribution in [0.5, 0.6) is 0 Å². The van der Waals surface area contributed by atoms with Gasteiger partial charge < -0.3 is 24.3 Å². The van der Waals surface area contributed by atoms with E-state index >= 15 is 0 Å². The lowest BCUT2D eigenvalue weighted by atomic mass is 10.2. The molecule has 7 nitrogen and oxygen atoms in total. The van der Waals surface area contributed by atoms with Crippen molar-refractivity contribution in [2.75, 3.05) is 52.5 Å². The molecule has 0 aliphatic carbocycles. The Morgan fingerprint density at radius 2 is 2.00 bits per heavy atom. The Morgan fingerprint density at radius 1 is 1.27 bits per heavy atom. The van der Waals surface area contributed by atoms with E-state index in [1.165, 1.54) is 0 Å². The Labute approximate surface area is 155 Å². The third kappa shape index (κ3) is 6.14. The van der Waals surface area contributed by atoms with Crippen molar-refractivity contribution in [2.24, 2.45) is 0 Å². The Morgan fingerprint density at radius 3 is 2.62 bits per heavy atom. The second kappa shape index (κ2) is 10.3. The van der Waals surface area contributed by atoms with E-state index in [0.29, 0.717) is 37.4 Å². The quantitative estimate of drug-likeness (QED) is 0.611. The van der Waals surface area contributed by atoms with E-state index in [4.69, 9.17) is 9.15 Å². The Kier molecular flexibility index (Phi) is 8.12. The summed E-state index contributed by atoms with van der Waals surface area (Å²) in [5.41, 5.74) is 0.582. The second-order valence-electron chi connectivity index (χ2n) is 6.78. The number of morpholine rings is 1. The summed E-state index contributed by atoms with van der Waals surface area (Å²) in [6.07, 6.45) is 1.28. The van der Waals surface area contributed by atoms with Crippen LogP contribution in [0.2, 0.25) is 0 Å². The molecule has 26 heavy (non-hydrogen) atoms. The van der Waals surface area contributed by atoms with Crippen LogP contribution in [0.4, 0.5) is 0 Å². The Balaban J connectivity index is 1.67. The number of aryl methyl sites for hydroxylation is 2. The molecule has 1 aromatic rings. The molecular weight excluding hydrogens is 334 g/mol. The average Bonchev–Trinajstić information content (AvgIpc) is 2.98. The average molecular weight is 366 g/mol. The first-order valence-electron chi connectivity index (χ1n) is 9.55. The predicted octanol–water partition coefficient (Wildman–Crippen LogP) is 0.170. The highest BCUT2D eigenvalue weighted by atomic mass is 16.5. The third-order valence-electron chi connectivity index (χ3n) is 4.78. The number of hydrogen-bond acceptors (Lipinski definition) is 4. The van der Waals surface area contributed by atoms with Gasteiger partial charge in [0.15, 0.2) is 0 Å². The summed E-state index contributed by atoms with van der Waals surface area (Å²) in [7, 11) is 0. The molecular formula is C19H32N3O4+. The van der Waals surface area contributed by atoms with E-state index in [-0.39, 0.29) is 11.8 Å². The third-order valence-corrected chi connectivity index (χ3v) is 4.78. The molecule has 0 spiro atoms. The van der Waals surface area contributed by atoms with Gasteiger partial charge in [-0.15, -0.1) is 0 Å². The minimum absolute atomic E-state index is 0.00618. The number of carbonyl (C=O) groups is 2. The van der Waals surface area contributed by atoms with Crippen LogP contribution in [-0.4, -0.2) is 69.2 Å². The van der Waals surface area contributed by atoms with Crippen LogP contribution in [-0.2, 0) is 9.53 Å². The minimum atomic E-state index is -0.0782. The van der Waals surface area contributed by atoms with Gasteiger partial charge in [0.1, 0.15) is 24.6 Å². The molecule has 0 saturated carbocycles. The maximum atomic E-state index is 12.6. The molecule has 0 unspecified atom stereocenters. The van der Waals surface area contributed by atoms with Crippen LogP contribution in [0.15, 0.2) is 10.5 Å². The summed E-state index contributed by atoms with van der Waals surface area (Å²) < 4.78 is 10.8. The molecule has 0 aromatic carbocycles. The van der Waals surface area contributed by atoms with Gasteiger partial charge in [-0.3, -0.25) is 9.59 Å². The van der Waals surface area contributed by atoms with Gasteiger partial charge in [-0.1, -0.05) is 0 Å². The molecule has 1 aliphatic rings. The van der Waals surface area contributed by atoms with Crippen molar-refractivity contribution >= 4 is 11.8 Å². The maximum Gasteiger partial charge on any atom is 0.257 e. The van der Waals surface area contributed by atoms with Gasteiger partial charge in [-0.2, -0.15) is 0 Å². The lowest BCUT2D eigenvalue weighted by molar-refractivity contribution is -0.908. The number of carbonyl (C=O) groups excluding carboxylic acids is 2. The summed E-state index contributed by atoms with van der Waals surface area (Å²) in [6.45, 7) is 12.0. The number of rotatable bonds is 9. The number of ether oxygens (including phenoxy) is 1. The fraction of sp³-hybridized carbons (Fsp3) is 0.684. The smallest absolute Gasteiger partial charge is 0.257 e. The maximum absolute atomic E-state index is 12.6. The summed E-state index contributed by atoms with van der Waals surface area (Å²) in [6, 6.07) is 1.76. The van der Waals surface area contributed by atoms with Crippen molar-refractivity contribution in [1.82, 2.24) is 10.2 Å². The molecule has 2 heterocycles. The van der Waals surface area contributed by atoms with Crippen LogP contribution in [0.3, 0.4) is 0 Å². The van der Waals surface area contributed by atoms with Gasteiger partial charge in [-0.25, -0.2) is 0 Å². The summed E-state index contributed by atoms with van der Waals surface area (Å²) in [5, 5.41) is 2.96. The van der Waals surface area contributed by atoms with Gasteiger partial charge in [-0.05, 0) is 26.8 Å². The molecule has 1 aromatic heterocycles. The highest BCUT2D eigenvalue weighted by Crippen LogP contribution is 2.16. The zero-order chi connectivity index (χ0) is 18.9. The number of quaternary nitrogens is 1. The first kappa shape index (κ1) is 20.5. The first-order valence-corrected chi connectivity index (χ1v) is 9.55. The summed E-state index contributed by atoms with van der Waals surface area (Å²) >= 11 is 0. The molecule has 7 heteroatoms. The minimum Gasteiger partial charge on any atom is -0.466 e. The van der Waals surface area contributed by atoms with E-state index in [1.807, 2.05) is 13.8 Å². The molecule has 2 rings (SSSR count). The van der Waals surface area contributed by atoms with E-state index in [0.717, 1.165) is 45.0 Å². The zero-order valence-electron chi connectivity index (χ0n) is 16.2. The fourth-order valence-electron chi connectivity index (χ4n) is 3.22. The van der Waals surface area contributed by atoms with E-state index in [2.05, 4.69) is 5.32 Å². The SMILES string of the molecule is CCN(CCC(=O)NCCC[NH+]1CCOCC1)C(=O)c1cc(C)oc1C. The van der Waals surface area contributed by atoms with Gasteiger partial charge in [0.25, 0.3) is 5.91 Å². The van der Waals surface area contributed by atoms with Gasteiger partial charge in [0, 0.05) is 32.5 Å². The molecule has 0 radical (unpaired) electrons. The Bertz CT molecular complexity index is 594. The van der Waals surface area contributed by atoms with Crippen LogP contribution >= 0.6 is 0 Å². The lowest BCUT2D eigenvalue weighted by Gasteiger charge is -2.23. The number of amides is 2. The summed E-state index contributed by atoms with van der Waals surface area (Å²) in [5.74, 6) is 1.27. The monoisotopic (exact) mass is 366 g/mol. The van der Waals surface area contributed by atoms with E-state index < -0.39 is 0 Å². The van der Waals surface area contributed by atoms with Crippen LogP contribution in [0.25, 0.3) is 0 Å². The fourth-order valence-corrected chi connectivity index (χ4v) is 3.22. The van der Waals surface area contributed by atoms with Gasteiger partial charge >= 0.3 is 0 Å². The topological polar surface area (TPSA) is 76.2 Å². The normalized spacial score (nSPS) is 15.0. The molecule has 2 amide bonds. The van der Waals surface area contributed by atoms with Gasteiger partial charge in [0.05, 0.1) is 25.3 Å². The standard InChI is InChI=1S/C19H31N3O4/c1-4-22(19(24)17-14-15(2)26-16(17)3)9-6-18(23)20-7-5-8-21-10-12-25-13-11-21/h14H,4-13H2,1-3H3,(H,20,23)/p+1. The number of hydrogen-bond donors (Lipinski definition) is 2. The molecule has 146 valence electrons. The van der Waals surface area contributed by atoms with Crippen molar-refractivity contribution in [1.29, 1.82) is 0 Å².